The second-order valence-electron chi connectivity index (χ2n) is 3.84. The minimum Gasteiger partial charge on any atom is -0.476 e. The Bertz CT molecular complexity index is 672. The minimum absolute atomic E-state index is 0.0370. The summed E-state index contributed by atoms with van der Waals surface area (Å²) in [5.41, 5.74) is 6.39. The number of carbonyl (C=O) groups is 2. The summed E-state index contributed by atoms with van der Waals surface area (Å²) in [7, 11) is 0. The molecule has 0 saturated heterocycles. The number of nitrogens with zero attached hydrogens (tertiary/aromatic N) is 1. The van der Waals surface area contributed by atoms with Crippen LogP contribution in [0.15, 0.2) is 28.1 Å². The van der Waals surface area contributed by atoms with Crippen LogP contribution in [0.2, 0.25) is 0 Å². The highest BCUT2D eigenvalue weighted by atomic mass is 79.9. The highest BCUT2D eigenvalue weighted by Crippen LogP contribution is 2.24. The number of amides is 1. The summed E-state index contributed by atoms with van der Waals surface area (Å²) in [6, 6.07) is 4.95. The molecule has 0 aliphatic heterocycles. The van der Waals surface area contributed by atoms with Gasteiger partial charge in [-0.05, 0) is 34.1 Å². The number of halogens is 1. The van der Waals surface area contributed by atoms with Gasteiger partial charge in [0.05, 0.1) is 6.54 Å². The number of rotatable bonds is 5. The normalized spacial score (nSPS) is 10.2. The standard InChI is InChI=1S/C12H10BrN3O3S/c13-7-3-6(11(14)17)1-2-8(7)15-4-10-16-9(5-20-10)12(18)19/h1-3,5,15H,4H2,(H2,14,17)(H,18,19). The van der Waals surface area contributed by atoms with Crippen LogP contribution >= 0.6 is 27.3 Å². The number of hydrogen-bond donors (Lipinski definition) is 3. The molecule has 0 bridgehead atoms. The number of thiazole rings is 1. The molecule has 6 nitrogen and oxygen atoms in total. The van der Waals surface area contributed by atoms with Crippen LogP contribution in [-0.2, 0) is 6.54 Å². The van der Waals surface area contributed by atoms with Crippen molar-refractivity contribution < 1.29 is 14.7 Å². The molecule has 2 rings (SSSR count). The zero-order valence-electron chi connectivity index (χ0n) is 10.1. The Kier molecular flexibility index (Phi) is 4.35. The average molecular weight is 356 g/mol. The van der Waals surface area contributed by atoms with E-state index in [1.807, 2.05) is 0 Å². The van der Waals surface area contributed by atoms with Gasteiger partial charge in [0.2, 0.25) is 5.91 Å². The van der Waals surface area contributed by atoms with Crippen molar-refractivity contribution in [3.05, 3.63) is 44.3 Å². The Balaban J connectivity index is 2.06. The topological polar surface area (TPSA) is 105 Å². The quantitative estimate of drug-likeness (QED) is 0.763. The summed E-state index contributed by atoms with van der Waals surface area (Å²) in [5, 5.41) is 14.0. The molecule has 0 radical (unpaired) electrons. The largest absolute Gasteiger partial charge is 0.476 e. The van der Waals surface area contributed by atoms with Crippen LogP contribution in [-0.4, -0.2) is 22.0 Å². The molecule has 1 heterocycles. The smallest absolute Gasteiger partial charge is 0.355 e. The van der Waals surface area contributed by atoms with Gasteiger partial charge in [-0.15, -0.1) is 11.3 Å². The van der Waals surface area contributed by atoms with E-state index >= 15 is 0 Å². The maximum Gasteiger partial charge on any atom is 0.355 e. The monoisotopic (exact) mass is 355 g/mol. The molecule has 0 aliphatic carbocycles. The van der Waals surface area contributed by atoms with Crippen molar-refractivity contribution in [2.75, 3.05) is 5.32 Å². The molecule has 0 unspecified atom stereocenters. The van der Waals surface area contributed by atoms with Gasteiger partial charge in [0, 0.05) is 21.1 Å². The van der Waals surface area contributed by atoms with Gasteiger partial charge in [-0.1, -0.05) is 0 Å². The van der Waals surface area contributed by atoms with E-state index in [0.717, 1.165) is 5.69 Å². The molecule has 1 aromatic heterocycles. The van der Waals surface area contributed by atoms with Crippen LogP contribution < -0.4 is 11.1 Å². The zero-order valence-corrected chi connectivity index (χ0v) is 12.5. The Hall–Kier alpha value is -1.93. The SMILES string of the molecule is NC(=O)c1ccc(NCc2nc(C(=O)O)cs2)c(Br)c1. The van der Waals surface area contributed by atoms with E-state index in [0.29, 0.717) is 21.6 Å². The Morgan fingerprint density at radius 1 is 1.45 bits per heavy atom. The highest BCUT2D eigenvalue weighted by molar-refractivity contribution is 9.10. The lowest BCUT2D eigenvalue weighted by atomic mass is 10.2. The summed E-state index contributed by atoms with van der Waals surface area (Å²) in [6.45, 7) is 0.395. The summed E-state index contributed by atoms with van der Waals surface area (Å²) in [4.78, 5) is 25.7. The van der Waals surface area contributed by atoms with Crippen molar-refractivity contribution in [1.82, 2.24) is 4.98 Å². The van der Waals surface area contributed by atoms with Crippen LogP contribution in [0.1, 0.15) is 25.9 Å². The molecule has 104 valence electrons. The molecule has 1 aromatic carbocycles. The zero-order chi connectivity index (χ0) is 14.7. The number of aromatic nitrogens is 1. The van der Waals surface area contributed by atoms with Gasteiger partial charge in [0.1, 0.15) is 5.01 Å². The van der Waals surface area contributed by atoms with Crippen molar-refractivity contribution in [3.8, 4) is 0 Å². The van der Waals surface area contributed by atoms with Crippen LogP contribution in [0, 0.1) is 0 Å². The van der Waals surface area contributed by atoms with Gasteiger partial charge in [0.25, 0.3) is 0 Å². The van der Waals surface area contributed by atoms with E-state index in [1.165, 1.54) is 16.7 Å². The molecule has 0 fully saturated rings. The van der Waals surface area contributed by atoms with Crippen LogP contribution in [0.25, 0.3) is 0 Å². The van der Waals surface area contributed by atoms with Crippen LogP contribution in [0.3, 0.4) is 0 Å². The number of carbonyl (C=O) groups excluding carboxylic acids is 1. The van der Waals surface area contributed by atoms with Crippen molar-refractivity contribution in [3.63, 3.8) is 0 Å². The van der Waals surface area contributed by atoms with Gasteiger partial charge in [-0.3, -0.25) is 4.79 Å². The van der Waals surface area contributed by atoms with Gasteiger partial charge in [0.15, 0.2) is 5.69 Å². The highest BCUT2D eigenvalue weighted by Gasteiger charge is 2.09. The first-order valence-corrected chi connectivity index (χ1v) is 7.15. The summed E-state index contributed by atoms with van der Waals surface area (Å²) in [5.74, 6) is -1.54. The van der Waals surface area contributed by atoms with Crippen molar-refractivity contribution in [2.45, 2.75) is 6.54 Å². The fourth-order valence-electron chi connectivity index (χ4n) is 1.47. The molecule has 1 amide bonds. The van der Waals surface area contributed by atoms with Crippen molar-refractivity contribution >= 4 is 44.8 Å². The van der Waals surface area contributed by atoms with E-state index in [9.17, 15) is 9.59 Å². The molecule has 8 heteroatoms. The number of hydrogen-bond acceptors (Lipinski definition) is 5. The molecule has 0 saturated carbocycles. The predicted octanol–water partition coefficient (Wildman–Crippen LogP) is 2.31. The Morgan fingerprint density at radius 2 is 2.20 bits per heavy atom. The first-order valence-electron chi connectivity index (χ1n) is 5.48. The molecule has 0 aliphatic rings. The van der Waals surface area contributed by atoms with Gasteiger partial charge in [-0.25, -0.2) is 9.78 Å². The van der Waals surface area contributed by atoms with Crippen LogP contribution in [0.4, 0.5) is 5.69 Å². The lowest BCUT2D eigenvalue weighted by Crippen LogP contribution is -2.11. The third kappa shape index (κ3) is 3.34. The Labute approximate surface area is 126 Å². The molecule has 20 heavy (non-hydrogen) atoms. The van der Waals surface area contributed by atoms with Crippen molar-refractivity contribution in [1.29, 1.82) is 0 Å². The fourth-order valence-corrected chi connectivity index (χ4v) is 2.70. The van der Waals surface area contributed by atoms with Crippen molar-refractivity contribution in [2.24, 2.45) is 5.73 Å². The number of nitrogens with two attached hydrogens (primary N) is 1. The number of aromatic carboxylic acids is 1. The van der Waals surface area contributed by atoms with E-state index in [-0.39, 0.29) is 5.69 Å². The number of carboxylic acid groups (broad SMARTS) is 1. The molecule has 0 atom stereocenters. The van der Waals surface area contributed by atoms with E-state index in [2.05, 4.69) is 26.2 Å². The first kappa shape index (κ1) is 14.5. The number of anilines is 1. The molecule has 4 N–H and O–H groups in total. The maximum absolute atomic E-state index is 11.0. The third-order valence-corrected chi connectivity index (χ3v) is 3.96. The number of carboxylic acids is 1. The molecular weight excluding hydrogens is 346 g/mol. The second kappa shape index (κ2) is 6.02. The third-order valence-electron chi connectivity index (χ3n) is 2.45. The van der Waals surface area contributed by atoms with Crippen LogP contribution in [0.5, 0.6) is 0 Å². The van der Waals surface area contributed by atoms with Gasteiger partial charge in [-0.2, -0.15) is 0 Å². The second-order valence-corrected chi connectivity index (χ2v) is 5.64. The lowest BCUT2D eigenvalue weighted by Gasteiger charge is -2.07. The lowest BCUT2D eigenvalue weighted by molar-refractivity contribution is 0.0691. The summed E-state index contributed by atoms with van der Waals surface area (Å²) >= 11 is 4.60. The molecule has 0 spiro atoms. The maximum atomic E-state index is 11.0. The van der Waals surface area contributed by atoms with E-state index < -0.39 is 11.9 Å². The number of primary amides is 1. The number of nitrogens with one attached hydrogen (secondary N) is 1. The predicted molar refractivity (Wildman–Crippen MR) is 79.1 cm³/mol. The molecular formula is C12H10BrN3O3S. The van der Waals surface area contributed by atoms with E-state index in [1.54, 1.807) is 18.2 Å². The summed E-state index contributed by atoms with van der Waals surface area (Å²) in [6.07, 6.45) is 0. The van der Waals surface area contributed by atoms with Gasteiger partial charge < -0.3 is 16.2 Å². The Morgan fingerprint density at radius 3 is 2.75 bits per heavy atom. The average Bonchev–Trinajstić information content (AvgIpc) is 2.86. The summed E-state index contributed by atoms with van der Waals surface area (Å²) < 4.78 is 0.698. The van der Waals surface area contributed by atoms with Gasteiger partial charge >= 0.3 is 5.97 Å². The molecule has 2 aromatic rings. The minimum atomic E-state index is -1.04. The fraction of sp³-hybridized carbons (Fsp3) is 0.0833. The first-order chi connectivity index (χ1) is 9.47. The van der Waals surface area contributed by atoms with E-state index in [4.69, 9.17) is 10.8 Å². The number of benzene rings is 1.